The minimum atomic E-state index is -0.941. The van der Waals surface area contributed by atoms with Gasteiger partial charge in [-0.15, -0.1) is 0 Å². The number of benzene rings is 1. The molecule has 1 aromatic carbocycles. The maximum Gasteiger partial charge on any atom is 0.247 e. The number of ether oxygens (including phenoxy) is 1. The van der Waals surface area contributed by atoms with E-state index in [2.05, 4.69) is 12.2 Å². The monoisotopic (exact) mass is 470 g/mol. The van der Waals surface area contributed by atoms with Gasteiger partial charge in [0.2, 0.25) is 11.8 Å². The number of nitrogens with one attached hydrogen (secondary N) is 1. The maximum atomic E-state index is 13.6. The van der Waals surface area contributed by atoms with E-state index in [1.165, 1.54) is 0 Å². The van der Waals surface area contributed by atoms with Gasteiger partial charge in [0, 0.05) is 30.1 Å². The van der Waals surface area contributed by atoms with Crippen LogP contribution < -0.4 is 10.1 Å². The lowest BCUT2D eigenvalue weighted by Gasteiger charge is -2.41. The average Bonchev–Trinajstić information content (AvgIpc) is 3.52. The molecule has 2 aliphatic carbocycles. The third kappa shape index (κ3) is 5.01. The van der Waals surface area contributed by atoms with Crippen LogP contribution in [0, 0.1) is 5.92 Å². The second-order valence-electron chi connectivity index (χ2n) is 9.75. The number of unbranched alkanes of at least 4 members (excludes halogenated alkanes) is 3. The molecule has 0 unspecified atom stereocenters. The summed E-state index contributed by atoms with van der Waals surface area (Å²) in [5, 5.41) is 23.5. The molecule has 4 atom stereocenters. The van der Waals surface area contributed by atoms with E-state index in [0.29, 0.717) is 17.9 Å². The van der Waals surface area contributed by atoms with Gasteiger partial charge in [0.25, 0.3) is 0 Å². The van der Waals surface area contributed by atoms with Crippen LogP contribution in [-0.4, -0.2) is 64.9 Å². The molecular weight excluding hydrogens is 432 g/mol. The van der Waals surface area contributed by atoms with Gasteiger partial charge in [-0.05, 0) is 31.4 Å². The van der Waals surface area contributed by atoms with E-state index >= 15 is 0 Å². The summed E-state index contributed by atoms with van der Waals surface area (Å²) in [6, 6.07) is 6.92. The maximum absolute atomic E-state index is 13.6. The molecule has 3 N–H and O–H groups in total. The van der Waals surface area contributed by atoms with Crippen molar-refractivity contribution in [2.24, 2.45) is 5.92 Å². The van der Waals surface area contributed by atoms with Crippen molar-refractivity contribution in [1.82, 2.24) is 10.2 Å². The second kappa shape index (κ2) is 11.4. The number of carbonyl (C=O) groups excluding carboxylic acids is 2. The van der Waals surface area contributed by atoms with Crippen LogP contribution in [0.25, 0.3) is 0 Å². The van der Waals surface area contributed by atoms with Crippen molar-refractivity contribution in [1.29, 1.82) is 0 Å². The molecule has 0 saturated heterocycles. The Bertz CT molecular complexity index is 895. The van der Waals surface area contributed by atoms with Crippen molar-refractivity contribution >= 4 is 11.8 Å². The number of aliphatic hydroxyl groups excluding tert-OH is 2. The third-order valence-corrected chi connectivity index (χ3v) is 7.48. The van der Waals surface area contributed by atoms with Crippen LogP contribution in [0.4, 0.5) is 0 Å². The van der Waals surface area contributed by atoms with Crippen molar-refractivity contribution in [3.05, 3.63) is 41.5 Å². The summed E-state index contributed by atoms with van der Waals surface area (Å²) in [4.78, 5) is 28.6. The summed E-state index contributed by atoms with van der Waals surface area (Å²) >= 11 is 0. The molecule has 0 bridgehead atoms. The third-order valence-electron chi connectivity index (χ3n) is 7.48. The quantitative estimate of drug-likeness (QED) is 0.457. The Labute approximate surface area is 202 Å². The lowest BCUT2D eigenvalue weighted by atomic mass is 9.77. The Balaban J connectivity index is 1.68. The van der Waals surface area contributed by atoms with Gasteiger partial charge >= 0.3 is 0 Å². The van der Waals surface area contributed by atoms with Crippen LogP contribution in [0.2, 0.25) is 0 Å². The Morgan fingerprint density at radius 1 is 1.15 bits per heavy atom. The summed E-state index contributed by atoms with van der Waals surface area (Å²) < 4.78 is 6.18. The van der Waals surface area contributed by atoms with Gasteiger partial charge < -0.3 is 25.2 Å². The molecule has 0 radical (unpaired) electrons. The van der Waals surface area contributed by atoms with E-state index in [-0.39, 0.29) is 30.9 Å². The number of aliphatic hydroxyl groups is 2. The number of carbonyl (C=O) groups is 2. The fourth-order valence-corrected chi connectivity index (χ4v) is 5.71. The standard InChI is InChI=1S/C27H38N2O5/c1-2-3-4-9-15-29(27(33)18-10-5-6-11-18)21-17-20(26(32)28-14-16-30)23-19-12-7-8-13-22(19)34-25(23)24(21)31/h7-8,12-13,17-18,21,23-25,30-31H,2-6,9-11,14-16H2,1H3,(H,28,32)/t21-,23+,24+,25+/m1/s1. The molecule has 7 heteroatoms. The Morgan fingerprint density at radius 2 is 1.91 bits per heavy atom. The number of hydrogen-bond acceptors (Lipinski definition) is 5. The molecule has 1 fully saturated rings. The molecule has 0 aromatic heterocycles. The van der Waals surface area contributed by atoms with Crippen LogP contribution in [0.1, 0.15) is 69.8 Å². The highest BCUT2D eigenvalue weighted by atomic mass is 16.5. The van der Waals surface area contributed by atoms with Crippen molar-refractivity contribution in [3.63, 3.8) is 0 Å². The van der Waals surface area contributed by atoms with E-state index in [0.717, 1.165) is 56.9 Å². The molecule has 186 valence electrons. The van der Waals surface area contributed by atoms with Crippen LogP contribution in [-0.2, 0) is 9.59 Å². The van der Waals surface area contributed by atoms with Crippen LogP contribution in [0.3, 0.4) is 0 Å². The van der Waals surface area contributed by atoms with Crippen LogP contribution in [0.15, 0.2) is 35.9 Å². The first kappa shape index (κ1) is 24.7. The molecular formula is C27H38N2O5. The fourth-order valence-electron chi connectivity index (χ4n) is 5.71. The van der Waals surface area contributed by atoms with E-state index in [1.807, 2.05) is 29.2 Å². The smallest absolute Gasteiger partial charge is 0.247 e. The zero-order valence-corrected chi connectivity index (χ0v) is 20.1. The molecule has 2 amide bonds. The summed E-state index contributed by atoms with van der Waals surface area (Å²) in [6.45, 7) is 2.70. The Morgan fingerprint density at radius 3 is 2.65 bits per heavy atom. The zero-order valence-electron chi connectivity index (χ0n) is 20.1. The van der Waals surface area contributed by atoms with Gasteiger partial charge in [0.1, 0.15) is 18.0 Å². The number of amides is 2. The Hall–Kier alpha value is -2.38. The van der Waals surface area contributed by atoms with Crippen molar-refractivity contribution in [2.75, 3.05) is 19.7 Å². The van der Waals surface area contributed by atoms with Gasteiger partial charge in [-0.3, -0.25) is 9.59 Å². The van der Waals surface area contributed by atoms with E-state index in [9.17, 15) is 19.8 Å². The first-order valence-corrected chi connectivity index (χ1v) is 12.9. The molecule has 0 spiro atoms. The van der Waals surface area contributed by atoms with Crippen molar-refractivity contribution < 1.29 is 24.5 Å². The van der Waals surface area contributed by atoms with Crippen LogP contribution >= 0.6 is 0 Å². The molecule has 1 heterocycles. The van der Waals surface area contributed by atoms with Gasteiger partial charge in [-0.2, -0.15) is 0 Å². The average molecular weight is 471 g/mol. The topological polar surface area (TPSA) is 99.1 Å². The zero-order chi connectivity index (χ0) is 24.1. The number of para-hydroxylation sites is 1. The molecule has 7 nitrogen and oxygen atoms in total. The molecule has 3 aliphatic rings. The van der Waals surface area contributed by atoms with Gasteiger partial charge in [0.15, 0.2) is 0 Å². The highest BCUT2D eigenvalue weighted by Crippen LogP contribution is 2.47. The summed E-state index contributed by atoms with van der Waals surface area (Å²) in [5.74, 6) is 0.0241. The van der Waals surface area contributed by atoms with E-state index in [4.69, 9.17) is 4.74 Å². The molecule has 1 aromatic rings. The van der Waals surface area contributed by atoms with Gasteiger partial charge in [-0.1, -0.05) is 57.2 Å². The summed E-state index contributed by atoms with van der Waals surface area (Å²) in [7, 11) is 0. The summed E-state index contributed by atoms with van der Waals surface area (Å²) in [6.07, 6.45) is 8.18. The molecule has 1 aliphatic heterocycles. The molecule has 1 saturated carbocycles. The van der Waals surface area contributed by atoms with E-state index in [1.54, 1.807) is 6.08 Å². The largest absolute Gasteiger partial charge is 0.486 e. The Kier molecular flexibility index (Phi) is 8.27. The lowest BCUT2D eigenvalue weighted by molar-refractivity contribution is -0.141. The number of rotatable bonds is 10. The summed E-state index contributed by atoms with van der Waals surface area (Å²) in [5.41, 5.74) is 1.36. The van der Waals surface area contributed by atoms with E-state index < -0.39 is 24.2 Å². The number of hydrogen-bond donors (Lipinski definition) is 3. The minimum Gasteiger partial charge on any atom is -0.486 e. The number of fused-ring (bicyclic) bond motifs is 3. The lowest BCUT2D eigenvalue weighted by Crippen LogP contribution is -2.56. The first-order valence-electron chi connectivity index (χ1n) is 12.9. The highest BCUT2D eigenvalue weighted by molar-refractivity contribution is 5.96. The van der Waals surface area contributed by atoms with Gasteiger partial charge in [-0.25, -0.2) is 0 Å². The van der Waals surface area contributed by atoms with Crippen molar-refractivity contribution in [2.45, 2.75) is 82.5 Å². The van der Waals surface area contributed by atoms with Crippen molar-refractivity contribution in [3.8, 4) is 5.75 Å². The molecule has 4 rings (SSSR count). The predicted octanol–water partition coefficient (Wildman–Crippen LogP) is 2.91. The second-order valence-corrected chi connectivity index (χ2v) is 9.75. The molecule has 34 heavy (non-hydrogen) atoms. The first-order chi connectivity index (χ1) is 16.6. The SMILES string of the molecule is CCCCCCN(C(=O)C1CCCC1)[C@@H]1C=C(C(=O)NCCO)[C@@H]2c3ccccc3O[C@@H]2[C@H]1O. The minimum absolute atomic E-state index is 0.0159. The highest BCUT2D eigenvalue weighted by Gasteiger charge is 2.50. The van der Waals surface area contributed by atoms with Gasteiger partial charge in [0.05, 0.1) is 18.6 Å². The van der Waals surface area contributed by atoms with Crippen LogP contribution in [0.5, 0.6) is 5.75 Å². The predicted molar refractivity (Wildman–Crippen MR) is 129 cm³/mol. The number of nitrogens with zero attached hydrogens (tertiary/aromatic N) is 1. The fraction of sp³-hybridized carbons (Fsp3) is 0.630. The normalized spacial score (nSPS) is 25.8.